The molecule has 1 saturated heterocycles. The number of carboxylic acids is 1. The number of carbonyl (C=O) groups excluding carboxylic acids is 1. The fourth-order valence-electron chi connectivity index (χ4n) is 1.80. The maximum Gasteiger partial charge on any atom is 0.356 e. The highest BCUT2D eigenvalue weighted by Crippen LogP contribution is 2.08. The van der Waals surface area contributed by atoms with Gasteiger partial charge in [0.25, 0.3) is 0 Å². The van der Waals surface area contributed by atoms with Crippen molar-refractivity contribution in [1.82, 2.24) is 20.2 Å². The molecule has 0 aliphatic carbocycles. The fourth-order valence-corrected chi connectivity index (χ4v) is 1.80. The van der Waals surface area contributed by atoms with Gasteiger partial charge in [-0.15, -0.1) is 0 Å². The first kappa shape index (κ1) is 12.4. The zero-order valence-corrected chi connectivity index (χ0v) is 9.96. The van der Waals surface area contributed by atoms with Crippen LogP contribution in [0.4, 0.5) is 0 Å². The third-order valence-electron chi connectivity index (χ3n) is 2.91. The van der Waals surface area contributed by atoms with Crippen molar-refractivity contribution < 1.29 is 14.7 Å². The van der Waals surface area contributed by atoms with Crippen LogP contribution < -0.4 is 5.32 Å². The van der Waals surface area contributed by atoms with Gasteiger partial charge in [0.2, 0.25) is 5.91 Å². The van der Waals surface area contributed by atoms with Gasteiger partial charge in [-0.1, -0.05) is 0 Å². The molecule has 0 aromatic carbocycles. The van der Waals surface area contributed by atoms with Gasteiger partial charge in [0.05, 0.1) is 24.1 Å². The smallest absolute Gasteiger partial charge is 0.356 e. The molecule has 2 rings (SSSR count). The lowest BCUT2D eigenvalue weighted by molar-refractivity contribution is -0.128. The van der Waals surface area contributed by atoms with Gasteiger partial charge in [-0.3, -0.25) is 14.7 Å². The number of nitrogens with one attached hydrogen (secondary N) is 1. The molecule has 7 nitrogen and oxygen atoms in total. The van der Waals surface area contributed by atoms with Crippen LogP contribution in [-0.4, -0.2) is 51.0 Å². The maximum absolute atomic E-state index is 11.5. The Morgan fingerprint density at radius 3 is 2.94 bits per heavy atom. The van der Waals surface area contributed by atoms with Crippen LogP contribution in [0.25, 0.3) is 0 Å². The third-order valence-corrected chi connectivity index (χ3v) is 2.91. The van der Waals surface area contributed by atoms with Crippen molar-refractivity contribution in [1.29, 1.82) is 0 Å². The van der Waals surface area contributed by atoms with Gasteiger partial charge in [0, 0.05) is 19.6 Å². The Kier molecular flexibility index (Phi) is 3.52. The molecule has 1 aromatic rings. The quantitative estimate of drug-likeness (QED) is 0.750. The van der Waals surface area contributed by atoms with Crippen LogP contribution in [0.15, 0.2) is 12.4 Å². The van der Waals surface area contributed by atoms with E-state index in [4.69, 9.17) is 5.11 Å². The maximum atomic E-state index is 11.5. The van der Waals surface area contributed by atoms with Crippen molar-refractivity contribution >= 4 is 11.9 Å². The fraction of sp³-hybridized carbons (Fsp3) is 0.455. The van der Waals surface area contributed by atoms with E-state index in [9.17, 15) is 9.59 Å². The molecule has 0 saturated carbocycles. The van der Waals surface area contributed by atoms with Gasteiger partial charge in [-0.2, -0.15) is 0 Å². The minimum Gasteiger partial charge on any atom is -0.476 e. The number of rotatable bonds is 3. The normalized spacial score (nSPS) is 20.5. The molecule has 7 heteroatoms. The van der Waals surface area contributed by atoms with Crippen LogP contribution in [-0.2, 0) is 11.3 Å². The van der Waals surface area contributed by atoms with E-state index in [1.807, 2.05) is 11.8 Å². The number of amides is 1. The third kappa shape index (κ3) is 2.62. The lowest BCUT2D eigenvalue weighted by Crippen LogP contribution is -2.53. The number of nitrogens with zero attached hydrogens (tertiary/aromatic N) is 3. The van der Waals surface area contributed by atoms with Crippen LogP contribution in [0.3, 0.4) is 0 Å². The van der Waals surface area contributed by atoms with E-state index in [0.29, 0.717) is 18.8 Å². The number of aromatic carboxylic acids is 1. The Hall–Kier alpha value is -2.02. The van der Waals surface area contributed by atoms with Gasteiger partial charge >= 0.3 is 5.97 Å². The molecule has 2 N–H and O–H groups in total. The summed E-state index contributed by atoms with van der Waals surface area (Å²) in [6.07, 6.45) is 2.66. The van der Waals surface area contributed by atoms with Crippen LogP contribution >= 0.6 is 0 Å². The average Bonchev–Trinajstić information content (AvgIpc) is 2.36. The van der Waals surface area contributed by atoms with E-state index in [1.165, 1.54) is 12.4 Å². The van der Waals surface area contributed by atoms with Gasteiger partial charge in [-0.05, 0) is 6.92 Å². The molecule has 2 heterocycles. The van der Waals surface area contributed by atoms with E-state index >= 15 is 0 Å². The molecule has 1 aliphatic heterocycles. The number of hydrogen-bond donors (Lipinski definition) is 2. The number of hydrogen-bond acceptors (Lipinski definition) is 5. The molecular weight excluding hydrogens is 236 g/mol. The molecule has 1 unspecified atom stereocenters. The van der Waals surface area contributed by atoms with Crippen molar-refractivity contribution in [3.05, 3.63) is 23.8 Å². The molecule has 1 amide bonds. The second kappa shape index (κ2) is 5.09. The number of aromatic nitrogens is 2. The molecule has 1 atom stereocenters. The molecule has 0 spiro atoms. The summed E-state index contributed by atoms with van der Waals surface area (Å²) < 4.78 is 0. The van der Waals surface area contributed by atoms with Crippen LogP contribution in [0, 0.1) is 0 Å². The van der Waals surface area contributed by atoms with Crippen LogP contribution in [0.5, 0.6) is 0 Å². The highest BCUT2D eigenvalue weighted by molar-refractivity contribution is 5.84. The summed E-state index contributed by atoms with van der Waals surface area (Å²) in [7, 11) is 0. The van der Waals surface area contributed by atoms with E-state index in [0.717, 1.165) is 6.54 Å². The predicted molar refractivity (Wildman–Crippen MR) is 61.9 cm³/mol. The van der Waals surface area contributed by atoms with E-state index in [1.54, 1.807) is 0 Å². The van der Waals surface area contributed by atoms with Gasteiger partial charge < -0.3 is 10.4 Å². The molecular formula is C11H14N4O3. The largest absolute Gasteiger partial charge is 0.476 e. The standard InChI is InChI=1S/C11H14N4O3/c1-7-10(16)12-2-3-15(7)6-8-4-14-9(5-13-8)11(17)18/h4-5,7H,2-3,6H2,1H3,(H,12,16)(H,17,18). The summed E-state index contributed by atoms with van der Waals surface area (Å²) in [6.45, 7) is 3.67. The Bertz CT molecular complexity index is 460. The zero-order chi connectivity index (χ0) is 13.1. The SMILES string of the molecule is CC1C(=O)NCCN1Cc1cnc(C(=O)O)cn1. The number of carbonyl (C=O) groups is 2. The number of piperazine rings is 1. The average molecular weight is 250 g/mol. The number of carboxylic acid groups (broad SMARTS) is 1. The van der Waals surface area contributed by atoms with Crippen molar-refractivity contribution in [2.24, 2.45) is 0 Å². The van der Waals surface area contributed by atoms with Crippen LogP contribution in [0.2, 0.25) is 0 Å². The second-order valence-electron chi connectivity index (χ2n) is 4.14. The van der Waals surface area contributed by atoms with Crippen molar-refractivity contribution in [2.75, 3.05) is 13.1 Å². The summed E-state index contributed by atoms with van der Waals surface area (Å²) >= 11 is 0. The van der Waals surface area contributed by atoms with E-state index in [-0.39, 0.29) is 17.6 Å². The predicted octanol–water partition coefficient (Wildman–Crippen LogP) is -0.505. The summed E-state index contributed by atoms with van der Waals surface area (Å²) in [4.78, 5) is 31.9. The highest BCUT2D eigenvalue weighted by Gasteiger charge is 2.25. The second-order valence-corrected chi connectivity index (χ2v) is 4.14. The minimum atomic E-state index is -1.10. The highest BCUT2D eigenvalue weighted by atomic mass is 16.4. The Morgan fingerprint density at radius 1 is 1.56 bits per heavy atom. The van der Waals surface area contributed by atoms with E-state index in [2.05, 4.69) is 15.3 Å². The van der Waals surface area contributed by atoms with Gasteiger partial charge in [0.15, 0.2) is 5.69 Å². The van der Waals surface area contributed by atoms with E-state index < -0.39 is 5.97 Å². The lowest BCUT2D eigenvalue weighted by Gasteiger charge is -2.32. The summed E-state index contributed by atoms with van der Waals surface area (Å²) in [5, 5.41) is 11.5. The van der Waals surface area contributed by atoms with Gasteiger partial charge in [-0.25, -0.2) is 9.78 Å². The first-order valence-corrected chi connectivity index (χ1v) is 5.64. The first-order valence-electron chi connectivity index (χ1n) is 5.64. The molecule has 0 bridgehead atoms. The van der Waals surface area contributed by atoms with Crippen molar-refractivity contribution in [3.8, 4) is 0 Å². The first-order chi connectivity index (χ1) is 8.58. The van der Waals surface area contributed by atoms with Crippen molar-refractivity contribution in [2.45, 2.75) is 19.5 Å². The lowest BCUT2D eigenvalue weighted by atomic mass is 10.2. The topological polar surface area (TPSA) is 95.4 Å². The molecule has 0 radical (unpaired) electrons. The Morgan fingerprint density at radius 2 is 2.33 bits per heavy atom. The molecule has 1 aromatic heterocycles. The molecule has 1 fully saturated rings. The van der Waals surface area contributed by atoms with Gasteiger partial charge in [0.1, 0.15) is 0 Å². The molecule has 18 heavy (non-hydrogen) atoms. The summed E-state index contributed by atoms with van der Waals surface area (Å²) in [6, 6.07) is -0.209. The summed E-state index contributed by atoms with van der Waals surface area (Å²) in [5.41, 5.74) is 0.574. The minimum absolute atomic E-state index is 0.00337. The Labute approximate surface area is 104 Å². The van der Waals surface area contributed by atoms with Crippen LogP contribution in [0.1, 0.15) is 23.1 Å². The molecule has 96 valence electrons. The molecule has 1 aliphatic rings. The zero-order valence-electron chi connectivity index (χ0n) is 9.96. The Balaban J connectivity index is 2.04. The van der Waals surface area contributed by atoms with Crippen molar-refractivity contribution in [3.63, 3.8) is 0 Å². The summed E-state index contributed by atoms with van der Waals surface area (Å²) in [5.74, 6) is -1.10. The monoisotopic (exact) mass is 250 g/mol.